The average molecular weight is 493 g/mol. The fourth-order valence-electron chi connectivity index (χ4n) is 4.97. The Labute approximate surface area is 212 Å². The molecule has 190 valence electrons. The maximum Gasteiger partial charge on any atom is 0.251 e. The Hall–Kier alpha value is -3.58. The lowest BCUT2D eigenvalue weighted by atomic mass is 9.86. The third-order valence-corrected chi connectivity index (χ3v) is 6.77. The monoisotopic (exact) mass is 492 g/mol. The molecular formula is C29H33FN2O4. The fourth-order valence-corrected chi connectivity index (χ4v) is 4.97. The number of halogens is 1. The Balaban J connectivity index is 1.72. The number of carbonyl (C=O) groups excluding carboxylic acids is 1. The first-order valence-corrected chi connectivity index (χ1v) is 12.2. The molecular weight excluding hydrogens is 459 g/mol. The van der Waals surface area contributed by atoms with Gasteiger partial charge in [0.25, 0.3) is 5.91 Å². The van der Waals surface area contributed by atoms with Gasteiger partial charge in [-0.15, -0.1) is 0 Å². The van der Waals surface area contributed by atoms with Crippen LogP contribution < -0.4 is 19.5 Å². The minimum Gasteiger partial charge on any atom is -0.497 e. The van der Waals surface area contributed by atoms with Gasteiger partial charge < -0.3 is 19.5 Å². The number of fused-ring (bicyclic) bond motifs is 1. The van der Waals surface area contributed by atoms with Gasteiger partial charge in [-0.3, -0.25) is 9.69 Å². The van der Waals surface area contributed by atoms with Gasteiger partial charge in [0.05, 0.1) is 27.4 Å². The number of hydrogen-bond acceptors (Lipinski definition) is 5. The van der Waals surface area contributed by atoms with Crippen molar-refractivity contribution in [3.05, 3.63) is 88.7 Å². The van der Waals surface area contributed by atoms with Crippen molar-refractivity contribution < 1.29 is 23.4 Å². The van der Waals surface area contributed by atoms with E-state index >= 15 is 0 Å². The minimum atomic E-state index is -0.435. The zero-order chi connectivity index (χ0) is 25.7. The van der Waals surface area contributed by atoms with Gasteiger partial charge in [-0.25, -0.2) is 4.39 Å². The zero-order valence-corrected chi connectivity index (χ0v) is 21.2. The van der Waals surface area contributed by atoms with Crippen molar-refractivity contribution in [1.82, 2.24) is 10.2 Å². The molecule has 0 fully saturated rings. The molecule has 1 aliphatic heterocycles. The lowest BCUT2D eigenvalue weighted by Gasteiger charge is -2.42. The van der Waals surface area contributed by atoms with Gasteiger partial charge in [0, 0.05) is 24.7 Å². The summed E-state index contributed by atoms with van der Waals surface area (Å²) in [5.74, 6) is 1.41. The van der Waals surface area contributed by atoms with Crippen molar-refractivity contribution in [3.8, 4) is 17.2 Å². The van der Waals surface area contributed by atoms with E-state index in [1.807, 2.05) is 30.3 Å². The van der Waals surface area contributed by atoms with Crippen molar-refractivity contribution in [3.63, 3.8) is 0 Å². The molecule has 4 rings (SSSR count). The Morgan fingerprint density at radius 1 is 1.03 bits per heavy atom. The predicted molar refractivity (Wildman–Crippen MR) is 137 cm³/mol. The summed E-state index contributed by atoms with van der Waals surface area (Å²) in [6.07, 6.45) is 1.53. The molecule has 1 heterocycles. The van der Waals surface area contributed by atoms with Crippen LogP contribution in [-0.2, 0) is 13.0 Å². The normalized spacial score (nSPS) is 16.1. The minimum absolute atomic E-state index is 0.123. The molecule has 3 aromatic rings. The van der Waals surface area contributed by atoms with E-state index in [1.165, 1.54) is 12.1 Å². The van der Waals surface area contributed by atoms with E-state index in [0.29, 0.717) is 30.0 Å². The highest BCUT2D eigenvalue weighted by Crippen LogP contribution is 2.40. The van der Waals surface area contributed by atoms with Crippen LogP contribution >= 0.6 is 0 Å². The summed E-state index contributed by atoms with van der Waals surface area (Å²) in [6.45, 7) is 3.54. The molecule has 7 heteroatoms. The summed E-state index contributed by atoms with van der Waals surface area (Å²) in [5.41, 5.74) is 3.68. The van der Waals surface area contributed by atoms with E-state index < -0.39 is 5.82 Å². The molecule has 0 saturated carbocycles. The molecule has 0 bridgehead atoms. The highest BCUT2D eigenvalue weighted by molar-refractivity contribution is 5.94. The van der Waals surface area contributed by atoms with Crippen LogP contribution in [0.2, 0.25) is 0 Å². The van der Waals surface area contributed by atoms with Crippen LogP contribution in [0.3, 0.4) is 0 Å². The maximum absolute atomic E-state index is 13.8. The van der Waals surface area contributed by atoms with Crippen LogP contribution in [0.5, 0.6) is 17.2 Å². The zero-order valence-electron chi connectivity index (χ0n) is 21.2. The van der Waals surface area contributed by atoms with Crippen molar-refractivity contribution in [2.45, 2.75) is 38.4 Å². The number of carbonyl (C=O) groups is 1. The number of ether oxygens (including phenoxy) is 3. The van der Waals surface area contributed by atoms with Gasteiger partial charge in [-0.2, -0.15) is 0 Å². The van der Waals surface area contributed by atoms with Gasteiger partial charge in [0.2, 0.25) is 0 Å². The quantitative estimate of drug-likeness (QED) is 0.447. The lowest BCUT2D eigenvalue weighted by molar-refractivity contribution is 0.0858. The van der Waals surface area contributed by atoms with E-state index in [0.717, 1.165) is 35.4 Å². The molecule has 36 heavy (non-hydrogen) atoms. The Morgan fingerprint density at radius 3 is 2.47 bits per heavy atom. The number of methoxy groups -OCH3 is 3. The Kier molecular flexibility index (Phi) is 8.10. The number of amides is 1. The average Bonchev–Trinajstić information content (AvgIpc) is 2.91. The van der Waals surface area contributed by atoms with Crippen LogP contribution in [0, 0.1) is 5.82 Å². The SMILES string of the molecule is CCC(NC(=O)c1cccc(F)c1)C1c2cc(OC)c(OC)cc2CCN1Cc1cccc(OC)c1. The first-order valence-electron chi connectivity index (χ1n) is 12.2. The van der Waals surface area contributed by atoms with E-state index in [4.69, 9.17) is 14.2 Å². The topological polar surface area (TPSA) is 60.0 Å². The molecule has 0 aromatic heterocycles. The van der Waals surface area contributed by atoms with Crippen LogP contribution in [0.4, 0.5) is 4.39 Å². The summed E-state index contributed by atoms with van der Waals surface area (Å²) in [5, 5.41) is 3.18. The summed E-state index contributed by atoms with van der Waals surface area (Å²) < 4.78 is 30.4. The van der Waals surface area contributed by atoms with Crippen LogP contribution in [-0.4, -0.2) is 44.7 Å². The van der Waals surface area contributed by atoms with Gasteiger partial charge >= 0.3 is 0 Å². The number of rotatable bonds is 9. The van der Waals surface area contributed by atoms with Crippen LogP contribution in [0.1, 0.15) is 46.4 Å². The van der Waals surface area contributed by atoms with E-state index in [2.05, 4.69) is 23.2 Å². The summed E-state index contributed by atoms with van der Waals surface area (Å²) in [6, 6.07) is 17.5. The third kappa shape index (κ3) is 5.46. The second kappa shape index (κ2) is 11.4. The van der Waals surface area contributed by atoms with Crippen molar-refractivity contribution in [2.24, 2.45) is 0 Å². The van der Waals surface area contributed by atoms with E-state index in [1.54, 1.807) is 33.5 Å². The molecule has 0 saturated heterocycles. The van der Waals surface area contributed by atoms with Gasteiger partial charge in [-0.05, 0) is 72.0 Å². The Bertz CT molecular complexity index is 1220. The summed E-state index contributed by atoms with van der Waals surface area (Å²) >= 11 is 0. The molecule has 2 unspecified atom stereocenters. The first kappa shape index (κ1) is 25.5. The lowest BCUT2D eigenvalue weighted by Crippen LogP contribution is -2.48. The standard InChI is InChI=1S/C29H33FN2O4/c1-5-25(31-29(33)21-9-7-10-22(30)15-21)28-24-17-27(36-4)26(35-3)16-20(24)12-13-32(28)18-19-8-6-11-23(14-19)34-2/h6-11,14-17,25,28H,5,12-13,18H2,1-4H3,(H,31,33). The summed E-state index contributed by atoms with van der Waals surface area (Å²) in [4.78, 5) is 15.5. The smallest absolute Gasteiger partial charge is 0.251 e. The Morgan fingerprint density at radius 2 is 1.78 bits per heavy atom. The van der Waals surface area contributed by atoms with Gasteiger partial charge in [0.1, 0.15) is 11.6 Å². The largest absolute Gasteiger partial charge is 0.497 e. The second-order valence-corrected chi connectivity index (χ2v) is 8.92. The van der Waals surface area contributed by atoms with Crippen molar-refractivity contribution >= 4 is 5.91 Å². The molecule has 3 aromatic carbocycles. The molecule has 1 aliphatic rings. The molecule has 0 spiro atoms. The third-order valence-electron chi connectivity index (χ3n) is 6.77. The van der Waals surface area contributed by atoms with Gasteiger partial charge in [-0.1, -0.05) is 25.1 Å². The molecule has 0 aliphatic carbocycles. The maximum atomic E-state index is 13.8. The first-order chi connectivity index (χ1) is 17.5. The number of hydrogen-bond donors (Lipinski definition) is 1. The molecule has 0 radical (unpaired) electrons. The van der Waals surface area contributed by atoms with Crippen molar-refractivity contribution in [2.75, 3.05) is 27.9 Å². The molecule has 2 atom stereocenters. The number of nitrogens with one attached hydrogen (secondary N) is 1. The second-order valence-electron chi connectivity index (χ2n) is 8.92. The van der Waals surface area contributed by atoms with Crippen molar-refractivity contribution in [1.29, 1.82) is 0 Å². The molecule has 6 nitrogen and oxygen atoms in total. The van der Waals surface area contributed by atoms with E-state index in [-0.39, 0.29) is 18.0 Å². The molecule has 1 amide bonds. The van der Waals surface area contributed by atoms with Crippen LogP contribution in [0.25, 0.3) is 0 Å². The van der Waals surface area contributed by atoms with Crippen LogP contribution in [0.15, 0.2) is 60.7 Å². The predicted octanol–water partition coefficient (Wildman–Crippen LogP) is 5.16. The van der Waals surface area contributed by atoms with Gasteiger partial charge in [0.15, 0.2) is 11.5 Å². The molecule has 1 N–H and O–H groups in total. The highest BCUT2D eigenvalue weighted by atomic mass is 19.1. The number of benzene rings is 3. The highest BCUT2D eigenvalue weighted by Gasteiger charge is 2.35. The fraction of sp³-hybridized carbons (Fsp3) is 0.345. The summed E-state index contributed by atoms with van der Waals surface area (Å²) in [7, 11) is 4.92. The van der Waals surface area contributed by atoms with E-state index in [9.17, 15) is 9.18 Å². The number of nitrogens with zero attached hydrogens (tertiary/aromatic N) is 1.